The second kappa shape index (κ2) is 6.52. The number of amides is 1. The first kappa shape index (κ1) is 16.9. The Morgan fingerprint density at radius 2 is 2.17 bits per heavy atom. The van der Waals surface area contributed by atoms with Crippen molar-refractivity contribution in [2.75, 3.05) is 39.9 Å². The molecule has 23 heavy (non-hydrogen) atoms. The fraction of sp³-hybridized carbons (Fsp3) is 0.889. The zero-order valence-corrected chi connectivity index (χ0v) is 15.0. The third kappa shape index (κ3) is 2.82. The van der Waals surface area contributed by atoms with Gasteiger partial charge in [-0.3, -0.25) is 14.7 Å². The molecule has 5 nitrogen and oxygen atoms in total. The molecule has 0 aromatic carbocycles. The zero-order valence-electron chi connectivity index (χ0n) is 15.0. The van der Waals surface area contributed by atoms with Crippen LogP contribution in [-0.2, 0) is 9.53 Å². The van der Waals surface area contributed by atoms with E-state index in [1.54, 1.807) is 7.11 Å². The second-order valence-corrected chi connectivity index (χ2v) is 7.77. The summed E-state index contributed by atoms with van der Waals surface area (Å²) in [7, 11) is 1.75. The minimum Gasteiger partial charge on any atom is -0.383 e. The van der Waals surface area contributed by atoms with Gasteiger partial charge in [0.2, 0.25) is 0 Å². The Hall–Kier alpha value is -0.940. The van der Waals surface area contributed by atoms with Crippen LogP contribution in [0, 0.1) is 17.8 Å². The number of hydrogen-bond acceptors (Lipinski definition) is 4. The third-order valence-corrected chi connectivity index (χ3v) is 5.76. The molecule has 1 amide bonds. The number of nitrogens with zero attached hydrogens (tertiary/aromatic N) is 3. The molecule has 0 aromatic heterocycles. The van der Waals surface area contributed by atoms with Gasteiger partial charge in [0.1, 0.15) is 11.4 Å². The fourth-order valence-electron chi connectivity index (χ4n) is 4.70. The van der Waals surface area contributed by atoms with Crippen LogP contribution >= 0.6 is 0 Å². The Balaban J connectivity index is 1.79. The minimum absolute atomic E-state index is 0.282. The second-order valence-electron chi connectivity index (χ2n) is 7.77. The number of carbonyl (C=O) groups is 1. The molecule has 5 heteroatoms. The van der Waals surface area contributed by atoms with Crippen molar-refractivity contribution in [3.8, 4) is 0 Å². The lowest BCUT2D eigenvalue weighted by Crippen LogP contribution is -2.47. The number of hydrogen-bond donors (Lipinski definition) is 0. The molecule has 2 fully saturated rings. The lowest BCUT2D eigenvalue weighted by molar-refractivity contribution is -0.132. The van der Waals surface area contributed by atoms with E-state index in [-0.39, 0.29) is 5.91 Å². The van der Waals surface area contributed by atoms with E-state index in [0.717, 1.165) is 57.9 Å². The third-order valence-electron chi connectivity index (χ3n) is 5.76. The Labute approximate surface area is 140 Å². The maximum Gasteiger partial charge on any atom is 0.256 e. The highest BCUT2D eigenvalue weighted by molar-refractivity contribution is 6.08. The lowest BCUT2D eigenvalue weighted by atomic mass is 9.85. The average Bonchev–Trinajstić information content (AvgIpc) is 3.14. The van der Waals surface area contributed by atoms with Crippen molar-refractivity contribution in [1.29, 1.82) is 0 Å². The molecule has 0 unspecified atom stereocenters. The van der Waals surface area contributed by atoms with Gasteiger partial charge in [0, 0.05) is 45.6 Å². The molecule has 0 bridgehead atoms. The van der Waals surface area contributed by atoms with E-state index < -0.39 is 5.54 Å². The lowest BCUT2D eigenvalue weighted by Gasteiger charge is -2.29. The number of amidine groups is 1. The van der Waals surface area contributed by atoms with Crippen LogP contribution in [0.5, 0.6) is 0 Å². The molecule has 0 N–H and O–H groups in total. The average molecular weight is 321 g/mol. The van der Waals surface area contributed by atoms with Gasteiger partial charge < -0.3 is 9.64 Å². The van der Waals surface area contributed by atoms with Gasteiger partial charge in [-0.05, 0) is 24.7 Å². The Kier molecular flexibility index (Phi) is 4.79. The van der Waals surface area contributed by atoms with Crippen LogP contribution in [0.2, 0.25) is 0 Å². The van der Waals surface area contributed by atoms with Crippen molar-refractivity contribution in [1.82, 2.24) is 9.80 Å². The molecule has 0 radical (unpaired) electrons. The van der Waals surface area contributed by atoms with E-state index in [4.69, 9.17) is 9.73 Å². The predicted octanol–water partition coefficient (Wildman–Crippen LogP) is 2.02. The Morgan fingerprint density at radius 3 is 2.83 bits per heavy atom. The summed E-state index contributed by atoms with van der Waals surface area (Å²) >= 11 is 0. The first-order chi connectivity index (χ1) is 11.0. The molecule has 2 aliphatic heterocycles. The van der Waals surface area contributed by atoms with Crippen LogP contribution in [0.4, 0.5) is 0 Å². The van der Waals surface area contributed by atoms with Crippen molar-refractivity contribution in [3.05, 3.63) is 0 Å². The monoisotopic (exact) mass is 321 g/mol. The van der Waals surface area contributed by atoms with E-state index in [0.29, 0.717) is 17.8 Å². The molecule has 3 aliphatic rings. The largest absolute Gasteiger partial charge is 0.383 e. The summed E-state index contributed by atoms with van der Waals surface area (Å²) in [5.74, 6) is 2.79. The molecular weight excluding hydrogens is 290 g/mol. The van der Waals surface area contributed by atoms with Gasteiger partial charge in [-0.1, -0.05) is 20.8 Å². The normalized spacial score (nSPS) is 34.0. The van der Waals surface area contributed by atoms with Gasteiger partial charge in [0.25, 0.3) is 5.91 Å². The van der Waals surface area contributed by atoms with E-state index in [2.05, 4.69) is 25.7 Å². The fourth-order valence-corrected chi connectivity index (χ4v) is 4.70. The van der Waals surface area contributed by atoms with E-state index in [9.17, 15) is 4.79 Å². The van der Waals surface area contributed by atoms with Crippen molar-refractivity contribution >= 4 is 11.7 Å². The molecule has 1 spiro atoms. The summed E-state index contributed by atoms with van der Waals surface area (Å²) < 4.78 is 5.21. The molecule has 130 valence electrons. The van der Waals surface area contributed by atoms with Gasteiger partial charge >= 0.3 is 0 Å². The number of ether oxygens (including phenoxy) is 1. The molecule has 3 atom stereocenters. The van der Waals surface area contributed by atoms with Crippen molar-refractivity contribution in [3.63, 3.8) is 0 Å². The summed E-state index contributed by atoms with van der Waals surface area (Å²) in [6.07, 6.45) is 2.93. The van der Waals surface area contributed by atoms with Crippen LogP contribution in [0.3, 0.4) is 0 Å². The number of fused-ring (bicyclic) bond motifs is 2. The van der Waals surface area contributed by atoms with Gasteiger partial charge in [0.05, 0.1) is 6.61 Å². The molecule has 1 saturated carbocycles. The number of aliphatic imine (C=N–C) groups is 1. The standard InChI is InChI=1S/C18H31N3O2/c1-5-16-19-18(17(22)21(16)10-13(2)3)7-6-14-11-20(8-9-23-4)12-15(14)18/h13-15H,5-12H2,1-4H3/t14-,15+,18-/m0/s1. The first-order valence-corrected chi connectivity index (χ1v) is 9.13. The molecule has 0 aromatic rings. The van der Waals surface area contributed by atoms with E-state index >= 15 is 0 Å². The number of methoxy groups -OCH3 is 1. The van der Waals surface area contributed by atoms with Gasteiger partial charge in [-0.15, -0.1) is 0 Å². The summed E-state index contributed by atoms with van der Waals surface area (Å²) in [5.41, 5.74) is -0.452. The minimum atomic E-state index is -0.452. The molecule has 2 heterocycles. The van der Waals surface area contributed by atoms with Gasteiger partial charge in [-0.2, -0.15) is 0 Å². The number of carbonyl (C=O) groups excluding carboxylic acids is 1. The molecule has 1 saturated heterocycles. The highest BCUT2D eigenvalue weighted by Crippen LogP contribution is 2.50. The summed E-state index contributed by atoms with van der Waals surface area (Å²) in [5, 5.41) is 0. The topological polar surface area (TPSA) is 45.1 Å². The highest BCUT2D eigenvalue weighted by atomic mass is 16.5. The number of likely N-dealkylation sites (tertiary alicyclic amines) is 1. The number of rotatable bonds is 6. The SMILES string of the molecule is CCC1=N[C@]2(CC[C@H]3CN(CCOC)C[C@H]32)C(=O)N1CC(C)C. The molecule has 1 aliphatic carbocycles. The Bertz CT molecular complexity index is 491. The summed E-state index contributed by atoms with van der Waals surface area (Å²) in [6.45, 7) is 11.1. The first-order valence-electron chi connectivity index (χ1n) is 9.13. The zero-order chi connectivity index (χ0) is 16.6. The quantitative estimate of drug-likeness (QED) is 0.752. The van der Waals surface area contributed by atoms with Gasteiger partial charge in [-0.25, -0.2) is 0 Å². The van der Waals surface area contributed by atoms with Crippen LogP contribution < -0.4 is 0 Å². The van der Waals surface area contributed by atoms with Crippen LogP contribution in [0.25, 0.3) is 0 Å². The molecule has 3 rings (SSSR count). The maximum atomic E-state index is 13.3. The highest BCUT2D eigenvalue weighted by Gasteiger charge is 2.60. The van der Waals surface area contributed by atoms with Crippen molar-refractivity contribution in [2.45, 2.75) is 45.6 Å². The predicted molar refractivity (Wildman–Crippen MR) is 91.5 cm³/mol. The van der Waals surface area contributed by atoms with E-state index in [1.165, 1.54) is 0 Å². The summed E-state index contributed by atoms with van der Waals surface area (Å²) in [4.78, 5) is 22.8. The van der Waals surface area contributed by atoms with Crippen LogP contribution in [0.15, 0.2) is 4.99 Å². The maximum absolute atomic E-state index is 13.3. The van der Waals surface area contributed by atoms with Crippen molar-refractivity contribution < 1.29 is 9.53 Å². The van der Waals surface area contributed by atoms with Crippen LogP contribution in [0.1, 0.15) is 40.0 Å². The molecular formula is C18H31N3O2. The van der Waals surface area contributed by atoms with E-state index in [1.807, 2.05) is 4.90 Å². The summed E-state index contributed by atoms with van der Waals surface area (Å²) in [6, 6.07) is 0. The van der Waals surface area contributed by atoms with Crippen molar-refractivity contribution in [2.24, 2.45) is 22.7 Å². The van der Waals surface area contributed by atoms with Crippen LogP contribution in [-0.4, -0.2) is 67.0 Å². The van der Waals surface area contributed by atoms with Gasteiger partial charge in [0.15, 0.2) is 0 Å². The smallest absolute Gasteiger partial charge is 0.256 e. The Morgan fingerprint density at radius 1 is 1.39 bits per heavy atom.